The molecule has 0 radical (unpaired) electrons. The number of allylic oxidation sites excluding steroid dienone is 1. The molecule has 6 nitrogen and oxygen atoms in total. The fraction of sp³-hybridized carbons (Fsp3) is 0.259. The molecule has 3 aromatic rings. The first-order valence-corrected chi connectivity index (χ1v) is 12.3. The molecule has 1 fully saturated rings. The third-order valence-electron chi connectivity index (χ3n) is 7.10. The third kappa shape index (κ3) is 3.96. The number of carbonyl (C=O) groups excluding carboxylic acids is 1. The van der Waals surface area contributed by atoms with Gasteiger partial charge >= 0.3 is 0 Å². The van der Waals surface area contributed by atoms with Gasteiger partial charge < -0.3 is 14.4 Å². The zero-order chi connectivity index (χ0) is 24.3. The van der Waals surface area contributed by atoms with E-state index in [2.05, 4.69) is 4.90 Å². The molecule has 2 atom stereocenters. The van der Waals surface area contributed by atoms with E-state index in [1.807, 2.05) is 16.7 Å². The van der Waals surface area contributed by atoms with Gasteiger partial charge in [0.2, 0.25) is 5.78 Å². The third-order valence-corrected chi connectivity index (χ3v) is 7.66. The van der Waals surface area contributed by atoms with Gasteiger partial charge in [0.05, 0.1) is 11.1 Å². The molecule has 0 spiro atoms. The fourth-order valence-corrected chi connectivity index (χ4v) is 6.02. The summed E-state index contributed by atoms with van der Waals surface area (Å²) in [4.78, 5) is 27.7. The van der Waals surface area contributed by atoms with Crippen LogP contribution in [0.25, 0.3) is 6.08 Å². The first-order valence-electron chi connectivity index (χ1n) is 11.5. The van der Waals surface area contributed by atoms with Crippen LogP contribution >= 0.6 is 23.2 Å². The van der Waals surface area contributed by atoms with Crippen LogP contribution in [0.3, 0.4) is 0 Å². The van der Waals surface area contributed by atoms with E-state index in [4.69, 9.17) is 27.9 Å². The van der Waals surface area contributed by atoms with E-state index < -0.39 is 0 Å². The lowest BCUT2D eigenvalue weighted by Gasteiger charge is -2.42. The molecule has 0 unspecified atom stereocenters. The normalized spacial score (nSPS) is 22.1. The summed E-state index contributed by atoms with van der Waals surface area (Å²) in [6.07, 6.45) is 2.64. The number of likely N-dealkylation sites (tertiary alicyclic amines) is 1. The lowest BCUT2D eigenvalue weighted by atomic mass is 9.83. The summed E-state index contributed by atoms with van der Waals surface area (Å²) in [5.74, 6) is 0.981. The van der Waals surface area contributed by atoms with E-state index in [0.29, 0.717) is 51.5 Å². The van der Waals surface area contributed by atoms with Gasteiger partial charge in [-0.15, -0.1) is 0 Å². The summed E-state index contributed by atoms with van der Waals surface area (Å²) in [6, 6.07) is 13.6. The molecule has 1 N–H and O–H groups in total. The number of phenols is 1. The molecule has 2 aromatic carbocycles. The second kappa shape index (κ2) is 8.55. The number of hydrogen-bond donors (Lipinski definition) is 1. The summed E-state index contributed by atoms with van der Waals surface area (Å²) in [5, 5.41) is 11.6. The number of benzene rings is 2. The SMILES string of the molecule is O=C1/C(=C/c2ccc(Cl)cc2Cl)Oc2c1ccc(O)c2CN1C[C@H]2C[C@@H](C1)c1cccc(=O)n1C2. The molecule has 4 heterocycles. The Morgan fingerprint density at radius 3 is 2.74 bits per heavy atom. The van der Waals surface area contributed by atoms with E-state index >= 15 is 0 Å². The van der Waals surface area contributed by atoms with Gasteiger partial charge in [0.25, 0.3) is 5.56 Å². The Kier molecular flexibility index (Phi) is 5.48. The maximum Gasteiger partial charge on any atom is 0.250 e. The van der Waals surface area contributed by atoms with E-state index in [1.54, 1.807) is 42.5 Å². The monoisotopic (exact) mass is 508 g/mol. The van der Waals surface area contributed by atoms with Crippen molar-refractivity contribution < 1.29 is 14.6 Å². The van der Waals surface area contributed by atoms with Crippen LogP contribution in [0.15, 0.2) is 59.1 Å². The molecule has 0 saturated carbocycles. The number of Topliss-reactive ketones (excluding diaryl/α,β-unsaturated/α-hetero) is 1. The summed E-state index contributed by atoms with van der Waals surface area (Å²) in [5.41, 5.74) is 2.75. The number of ketones is 1. The smallest absolute Gasteiger partial charge is 0.250 e. The van der Waals surface area contributed by atoms with Gasteiger partial charge in [-0.2, -0.15) is 0 Å². The van der Waals surface area contributed by atoms with Crippen molar-refractivity contribution in [2.24, 2.45) is 5.92 Å². The number of pyridine rings is 1. The van der Waals surface area contributed by atoms with Crippen molar-refractivity contribution >= 4 is 35.1 Å². The molecule has 178 valence electrons. The van der Waals surface area contributed by atoms with E-state index in [1.165, 1.54) is 0 Å². The highest BCUT2D eigenvalue weighted by Crippen LogP contribution is 2.42. The molecule has 0 amide bonds. The molecular formula is C27H22Cl2N2O4. The Hall–Kier alpha value is -3.06. The van der Waals surface area contributed by atoms with Crippen LogP contribution in [0.4, 0.5) is 0 Å². The van der Waals surface area contributed by atoms with Crippen molar-refractivity contribution in [3.05, 3.63) is 97.1 Å². The second-order valence-electron chi connectivity index (χ2n) is 9.44. The Labute approximate surface area is 212 Å². The maximum atomic E-state index is 13.1. The van der Waals surface area contributed by atoms with E-state index in [-0.39, 0.29) is 28.8 Å². The summed E-state index contributed by atoms with van der Waals surface area (Å²) < 4.78 is 7.91. The summed E-state index contributed by atoms with van der Waals surface area (Å²) >= 11 is 12.3. The topological polar surface area (TPSA) is 71.8 Å². The van der Waals surface area contributed by atoms with Gasteiger partial charge in [-0.1, -0.05) is 35.3 Å². The van der Waals surface area contributed by atoms with Crippen LogP contribution in [0, 0.1) is 5.92 Å². The van der Waals surface area contributed by atoms with Crippen molar-refractivity contribution in [1.29, 1.82) is 0 Å². The highest BCUT2D eigenvalue weighted by Gasteiger charge is 2.37. The molecule has 3 aliphatic rings. The van der Waals surface area contributed by atoms with Crippen molar-refractivity contribution in [2.75, 3.05) is 13.1 Å². The highest BCUT2D eigenvalue weighted by molar-refractivity contribution is 6.35. The van der Waals surface area contributed by atoms with Crippen molar-refractivity contribution in [1.82, 2.24) is 9.47 Å². The lowest BCUT2D eigenvalue weighted by Crippen LogP contribution is -2.46. The number of ether oxygens (including phenoxy) is 1. The Bertz CT molecular complexity index is 1460. The first-order chi connectivity index (χ1) is 16.9. The first kappa shape index (κ1) is 22.4. The molecule has 6 rings (SSSR count). The number of halogens is 2. The molecular weight excluding hydrogens is 487 g/mol. The number of carbonyl (C=O) groups is 1. The maximum absolute atomic E-state index is 13.1. The number of piperidine rings is 1. The number of nitrogens with zero attached hydrogens (tertiary/aromatic N) is 2. The summed E-state index contributed by atoms with van der Waals surface area (Å²) in [6.45, 7) is 2.71. The van der Waals surface area contributed by atoms with Gasteiger partial charge in [0.15, 0.2) is 5.76 Å². The quantitative estimate of drug-likeness (QED) is 0.498. The van der Waals surface area contributed by atoms with Crippen LogP contribution in [-0.4, -0.2) is 33.4 Å². The van der Waals surface area contributed by atoms with Gasteiger partial charge in [-0.05, 0) is 54.3 Å². The van der Waals surface area contributed by atoms with Crippen molar-refractivity contribution in [3.8, 4) is 11.5 Å². The minimum atomic E-state index is -0.254. The van der Waals surface area contributed by atoms with Gasteiger partial charge in [-0.3, -0.25) is 14.5 Å². The molecule has 3 aliphatic heterocycles. The predicted molar refractivity (Wildman–Crippen MR) is 134 cm³/mol. The zero-order valence-electron chi connectivity index (χ0n) is 18.7. The number of aromatic hydroxyl groups is 1. The fourth-order valence-electron chi connectivity index (χ4n) is 5.56. The van der Waals surface area contributed by atoms with Crippen molar-refractivity contribution in [3.63, 3.8) is 0 Å². The molecule has 1 aromatic heterocycles. The number of hydrogen-bond acceptors (Lipinski definition) is 5. The van der Waals surface area contributed by atoms with Crippen molar-refractivity contribution in [2.45, 2.75) is 25.4 Å². The Morgan fingerprint density at radius 1 is 1.06 bits per heavy atom. The van der Waals surface area contributed by atoms with Gasteiger partial charge in [0, 0.05) is 53.9 Å². The summed E-state index contributed by atoms with van der Waals surface area (Å²) in [7, 11) is 0. The largest absolute Gasteiger partial charge is 0.507 e. The number of phenolic OH excluding ortho intramolecular Hbond substituents is 1. The van der Waals surface area contributed by atoms with Crippen LogP contribution in [0.5, 0.6) is 11.5 Å². The van der Waals surface area contributed by atoms with Gasteiger partial charge in [-0.25, -0.2) is 0 Å². The van der Waals surface area contributed by atoms with E-state index in [0.717, 1.165) is 25.2 Å². The number of rotatable bonds is 3. The van der Waals surface area contributed by atoms with E-state index in [9.17, 15) is 14.7 Å². The standard InChI is InChI=1S/C27H22Cl2N2O4/c28-18-5-4-16(21(29)10-18)9-24-26(34)19-6-7-23(32)20(27(19)35-24)14-30-11-15-8-17(13-30)22-2-1-3-25(33)31(22)12-15/h1-7,9-10,15,17,32H,8,11-14H2/b24-9-/t15-,17+/m1/s1. The molecule has 35 heavy (non-hydrogen) atoms. The van der Waals surface area contributed by atoms with Crippen LogP contribution in [0.2, 0.25) is 10.0 Å². The predicted octanol–water partition coefficient (Wildman–Crippen LogP) is 5.10. The second-order valence-corrected chi connectivity index (χ2v) is 10.3. The van der Waals surface area contributed by atoms with Crippen LogP contribution in [0.1, 0.15) is 39.5 Å². The molecule has 1 saturated heterocycles. The number of aromatic nitrogens is 1. The minimum Gasteiger partial charge on any atom is -0.507 e. The average molecular weight is 509 g/mol. The Balaban J connectivity index is 1.29. The van der Waals surface area contributed by atoms with Crippen LogP contribution in [-0.2, 0) is 13.1 Å². The molecule has 0 aliphatic carbocycles. The molecule has 2 bridgehead atoms. The lowest BCUT2D eigenvalue weighted by molar-refractivity contribution is 0.101. The average Bonchev–Trinajstić information content (AvgIpc) is 3.14. The van der Waals surface area contributed by atoms with Crippen LogP contribution < -0.4 is 10.3 Å². The number of fused-ring (bicyclic) bond motifs is 5. The highest BCUT2D eigenvalue weighted by atomic mass is 35.5. The Morgan fingerprint density at radius 2 is 1.91 bits per heavy atom. The van der Waals surface area contributed by atoms with Gasteiger partial charge in [0.1, 0.15) is 11.5 Å². The molecule has 8 heteroatoms. The zero-order valence-corrected chi connectivity index (χ0v) is 20.2. The minimum absolute atomic E-state index is 0.0520.